The van der Waals surface area contributed by atoms with Crippen molar-refractivity contribution in [2.24, 2.45) is 5.73 Å². The van der Waals surface area contributed by atoms with E-state index in [-0.39, 0.29) is 12.4 Å². The first-order chi connectivity index (χ1) is 7.31. The summed E-state index contributed by atoms with van der Waals surface area (Å²) < 4.78 is 11.4. The summed E-state index contributed by atoms with van der Waals surface area (Å²) in [5.74, 6) is 0. The summed E-state index contributed by atoms with van der Waals surface area (Å²) in [6.45, 7) is 3.36. The number of ether oxygens (including phenoxy) is 2. The van der Waals surface area contributed by atoms with Crippen molar-refractivity contribution >= 4 is 0 Å². The molecular formula is C12H17NO2. The van der Waals surface area contributed by atoms with E-state index in [9.17, 15) is 0 Å². The maximum atomic E-state index is 5.77. The van der Waals surface area contributed by atoms with Crippen LogP contribution in [0, 0.1) is 6.92 Å². The van der Waals surface area contributed by atoms with Crippen LogP contribution in [0.3, 0.4) is 0 Å². The van der Waals surface area contributed by atoms with Crippen molar-refractivity contribution in [2.45, 2.75) is 25.7 Å². The first-order valence-electron chi connectivity index (χ1n) is 5.34. The number of aryl methyl sites for hydroxylation is 1. The van der Waals surface area contributed by atoms with E-state index in [4.69, 9.17) is 15.2 Å². The van der Waals surface area contributed by atoms with Crippen LogP contribution in [0.25, 0.3) is 0 Å². The molecule has 0 aliphatic carbocycles. The van der Waals surface area contributed by atoms with Crippen molar-refractivity contribution in [3.63, 3.8) is 0 Å². The molecule has 0 saturated carbocycles. The maximum Gasteiger partial charge on any atom is 0.184 e. The molecule has 15 heavy (non-hydrogen) atoms. The summed E-state index contributed by atoms with van der Waals surface area (Å²) in [5.41, 5.74) is 7.81. The first-order valence-corrected chi connectivity index (χ1v) is 5.34. The maximum absolute atomic E-state index is 5.77. The fourth-order valence-electron chi connectivity index (χ4n) is 1.80. The molecule has 2 unspecified atom stereocenters. The lowest BCUT2D eigenvalue weighted by Gasteiger charge is -2.13. The molecule has 1 aliphatic rings. The van der Waals surface area contributed by atoms with Crippen molar-refractivity contribution in [1.29, 1.82) is 0 Å². The molecule has 0 bridgehead atoms. The lowest BCUT2D eigenvalue weighted by Crippen LogP contribution is -2.15. The van der Waals surface area contributed by atoms with Crippen LogP contribution in [0.5, 0.6) is 0 Å². The van der Waals surface area contributed by atoms with Crippen LogP contribution in [-0.4, -0.2) is 19.3 Å². The highest BCUT2D eigenvalue weighted by Crippen LogP contribution is 2.29. The molecule has 3 nitrogen and oxygen atoms in total. The van der Waals surface area contributed by atoms with E-state index in [1.807, 2.05) is 18.2 Å². The van der Waals surface area contributed by atoms with Crippen molar-refractivity contribution in [1.82, 2.24) is 0 Å². The summed E-state index contributed by atoms with van der Waals surface area (Å²) in [6, 6.07) is 8.14. The quantitative estimate of drug-likeness (QED) is 0.821. The van der Waals surface area contributed by atoms with E-state index >= 15 is 0 Å². The molecule has 0 spiro atoms. The largest absolute Gasteiger partial charge is 0.346 e. The summed E-state index contributed by atoms with van der Waals surface area (Å²) in [7, 11) is 0. The van der Waals surface area contributed by atoms with Crippen molar-refractivity contribution in [2.75, 3.05) is 13.2 Å². The molecular weight excluding hydrogens is 190 g/mol. The minimum absolute atomic E-state index is 0.152. The van der Waals surface area contributed by atoms with Crippen molar-refractivity contribution < 1.29 is 9.47 Å². The minimum Gasteiger partial charge on any atom is -0.346 e. The van der Waals surface area contributed by atoms with E-state index in [0.717, 1.165) is 12.0 Å². The third-order valence-electron chi connectivity index (χ3n) is 2.68. The number of rotatable bonds is 3. The van der Waals surface area contributed by atoms with Gasteiger partial charge in [0.1, 0.15) is 0 Å². The summed E-state index contributed by atoms with van der Waals surface area (Å²) in [4.78, 5) is 0. The van der Waals surface area contributed by atoms with E-state index in [2.05, 4.69) is 13.0 Å². The van der Waals surface area contributed by atoms with Gasteiger partial charge in [-0.05, 0) is 25.5 Å². The summed E-state index contributed by atoms with van der Waals surface area (Å²) >= 11 is 0. The fourth-order valence-corrected chi connectivity index (χ4v) is 1.80. The van der Waals surface area contributed by atoms with Crippen LogP contribution >= 0.6 is 0 Å². The number of hydrogen-bond acceptors (Lipinski definition) is 3. The second-order valence-corrected chi connectivity index (χ2v) is 3.86. The Morgan fingerprint density at radius 3 is 2.93 bits per heavy atom. The van der Waals surface area contributed by atoms with E-state index in [1.54, 1.807) is 0 Å². The van der Waals surface area contributed by atoms with Gasteiger partial charge in [-0.1, -0.05) is 24.3 Å². The molecule has 1 aromatic carbocycles. The monoisotopic (exact) mass is 207 g/mol. The van der Waals surface area contributed by atoms with Crippen LogP contribution in [0.4, 0.5) is 0 Å². The predicted octanol–water partition coefficient (Wildman–Crippen LogP) is 1.76. The first kappa shape index (κ1) is 10.6. The predicted molar refractivity (Wildman–Crippen MR) is 58.4 cm³/mol. The van der Waals surface area contributed by atoms with E-state index in [0.29, 0.717) is 13.2 Å². The van der Waals surface area contributed by atoms with Crippen LogP contribution in [0.2, 0.25) is 0 Å². The van der Waals surface area contributed by atoms with Crippen LogP contribution in [0.1, 0.15) is 23.8 Å². The highest BCUT2D eigenvalue weighted by atomic mass is 16.7. The van der Waals surface area contributed by atoms with Gasteiger partial charge in [0.05, 0.1) is 12.7 Å². The van der Waals surface area contributed by atoms with Gasteiger partial charge >= 0.3 is 0 Å². The van der Waals surface area contributed by atoms with Gasteiger partial charge in [-0.25, -0.2) is 0 Å². The Bertz CT molecular complexity index is 327. The van der Waals surface area contributed by atoms with Gasteiger partial charge in [0.25, 0.3) is 0 Å². The molecule has 1 aromatic rings. The van der Waals surface area contributed by atoms with Crippen LogP contribution < -0.4 is 5.73 Å². The summed E-state index contributed by atoms with van der Waals surface area (Å²) in [5, 5.41) is 0. The minimum atomic E-state index is -0.206. The van der Waals surface area contributed by atoms with Gasteiger partial charge in [0.2, 0.25) is 0 Å². The Labute approximate surface area is 90.2 Å². The highest BCUT2D eigenvalue weighted by Gasteiger charge is 2.27. The van der Waals surface area contributed by atoms with Crippen molar-refractivity contribution in [3.8, 4) is 0 Å². The van der Waals surface area contributed by atoms with Crippen molar-refractivity contribution in [3.05, 3.63) is 35.4 Å². The normalized spacial score (nSPS) is 25.7. The third-order valence-corrected chi connectivity index (χ3v) is 2.68. The highest BCUT2D eigenvalue weighted by molar-refractivity contribution is 5.26. The second kappa shape index (κ2) is 4.75. The Morgan fingerprint density at radius 2 is 2.20 bits per heavy atom. The Balaban J connectivity index is 2.04. The van der Waals surface area contributed by atoms with Gasteiger partial charge in [0, 0.05) is 5.56 Å². The zero-order valence-electron chi connectivity index (χ0n) is 8.98. The number of benzene rings is 1. The Kier molecular flexibility index (Phi) is 3.36. The SMILES string of the molecule is Cc1ccccc1C1OCC(CCN)O1. The zero-order valence-corrected chi connectivity index (χ0v) is 8.98. The summed E-state index contributed by atoms with van der Waals surface area (Å²) in [6.07, 6.45) is 0.810. The molecule has 2 N–H and O–H groups in total. The molecule has 1 heterocycles. The molecule has 1 aliphatic heterocycles. The van der Waals surface area contributed by atoms with Crippen LogP contribution in [-0.2, 0) is 9.47 Å². The average Bonchev–Trinajstić information content (AvgIpc) is 2.68. The number of nitrogens with two attached hydrogens (primary N) is 1. The molecule has 0 aromatic heterocycles. The molecule has 0 amide bonds. The van der Waals surface area contributed by atoms with Gasteiger partial charge in [-0.3, -0.25) is 0 Å². The molecule has 1 fully saturated rings. The van der Waals surface area contributed by atoms with Gasteiger partial charge in [-0.15, -0.1) is 0 Å². The molecule has 2 atom stereocenters. The lowest BCUT2D eigenvalue weighted by molar-refractivity contribution is -0.0611. The lowest BCUT2D eigenvalue weighted by atomic mass is 10.1. The standard InChI is InChI=1S/C12H17NO2/c1-9-4-2-3-5-11(9)12-14-8-10(15-12)6-7-13/h2-5,10,12H,6-8,13H2,1H3. The van der Waals surface area contributed by atoms with Gasteiger partial charge < -0.3 is 15.2 Å². The fraction of sp³-hybridized carbons (Fsp3) is 0.500. The van der Waals surface area contributed by atoms with Gasteiger partial charge in [-0.2, -0.15) is 0 Å². The average molecular weight is 207 g/mol. The van der Waals surface area contributed by atoms with Crippen LogP contribution in [0.15, 0.2) is 24.3 Å². The molecule has 82 valence electrons. The van der Waals surface area contributed by atoms with E-state index < -0.39 is 0 Å². The Hall–Kier alpha value is -0.900. The molecule has 2 rings (SSSR count). The second-order valence-electron chi connectivity index (χ2n) is 3.86. The topological polar surface area (TPSA) is 44.5 Å². The smallest absolute Gasteiger partial charge is 0.184 e. The molecule has 0 radical (unpaired) electrons. The third kappa shape index (κ3) is 2.37. The zero-order chi connectivity index (χ0) is 10.7. The molecule has 1 saturated heterocycles. The van der Waals surface area contributed by atoms with E-state index in [1.165, 1.54) is 5.56 Å². The van der Waals surface area contributed by atoms with Gasteiger partial charge in [0.15, 0.2) is 6.29 Å². The Morgan fingerprint density at radius 1 is 1.40 bits per heavy atom. The molecule has 3 heteroatoms. The number of hydrogen-bond donors (Lipinski definition) is 1.